The van der Waals surface area contributed by atoms with Crippen molar-refractivity contribution in [3.05, 3.63) is 66.7 Å². The number of nitrogens with zero attached hydrogens (tertiary/aromatic N) is 2. The summed E-state index contributed by atoms with van der Waals surface area (Å²) in [6.45, 7) is 5.13. The number of amides is 4. The number of carbonyl (C=O) groups excluding carboxylic acids is 4. The lowest BCUT2D eigenvalue weighted by atomic mass is 10.0. The van der Waals surface area contributed by atoms with Crippen molar-refractivity contribution in [1.29, 1.82) is 0 Å². The standard InChI is InChI=1S/C44H51N5O10S/c1-43(2,3)59-42(53)46-32-14-9-7-5-6-8-12-27-24-44(27,41(52)48-60(54,55)30-20-21-30)47-39(50)34-22-29(25-49(34)40(32)51)57-36-23-33(26-16-18-28(56-4)19-17-26)45-37-31-13-10-11-15-35(31)58-38(36)37/h8,10-13,15-19,23,27,29-30,32,34H,5-7,9,14,20-22,24-25H2,1-4H3,(H,46,53)(H,47,50)(H,48,52)/b12-8-/t27-,29-,32+,34+,44-/m1/s1. The van der Waals surface area contributed by atoms with Gasteiger partial charge in [0, 0.05) is 29.4 Å². The number of hydrogen-bond acceptors (Lipinski definition) is 11. The number of fused-ring (bicyclic) bond motifs is 5. The number of hydrogen-bond donors (Lipinski definition) is 3. The highest BCUT2D eigenvalue weighted by atomic mass is 32.2. The van der Waals surface area contributed by atoms with Crippen molar-refractivity contribution in [3.63, 3.8) is 0 Å². The molecule has 3 fully saturated rings. The summed E-state index contributed by atoms with van der Waals surface area (Å²) in [5.41, 5.74) is 0.582. The van der Waals surface area contributed by atoms with Crippen molar-refractivity contribution in [2.24, 2.45) is 5.92 Å². The average molecular weight is 842 g/mol. The Bertz CT molecular complexity index is 2460. The first kappa shape index (κ1) is 41.1. The smallest absolute Gasteiger partial charge is 0.408 e. The van der Waals surface area contributed by atoms with Crippen LogP contribution in [0.1, 0.15) is 78.6 Å². The number of carbonyl (C=O) groups is 4. The summed E-state index contributed by atoms with van der Waals surface area (Å²) in [5.74, 6) is -1.37. The van der Waals surface area contributed by atoms with Crippen molar-refractivity contribution in [2.75, 3.05) is 13.7 Å². The van der Waals surface area contributed by atoms with Gasteiger partial charge in [0.15, 0.2) is 11.3 Å². The molecule has 0 bridgehead atoms. The topological polar surface area (TPSA) is 195 Å². The van der Waals surface area contributed by atoms with Gasteiger partial charge >= 0.3 is 6.09 Å². The molecule has 15 nitrogen and oxygen atoms in total. The van der Waals surface area contributed by atoms with Crippen molar-refractivity contribution in [1.82, 2.24) is 25.2 Å². The number of para-hydroxylation sites is 1. The lowest BCUT2D eigenvalue weighted by Crippen LogP contribution is -2.58. The molecule has 60 heavy (non-hydrogen) atoms. The molecule has 3 N–H and O–H groups in total. The number of alkyl carbamates (subject to hydrolysis) is 1. The van der Waals surface area contributed by atoms with Crippen molar-refractivity contribution in [3.8, 4) is 22.8 Å². The SMILES string of the molecule is COc1ccc(-c2cc(O[C@@H]3C[C@H]4C(=O)N[C@]5(C(=O)NS(=O)(=O)C6CC6)C[C@H]5/C=C\CCCCC[C@H](NC(=O)OC(C)(C)C)C(=O)N4C3)c3oc4ccccc4c3n2)cc1. The fraction of sp³-hybridized carbons (Fsp3) is 0.477. The zero-order valence-electron chi connectivity index (χ0n) is 34.2. The number of methoxy groups -OCH3 is 1. The predicted octanol–water partition coefficient (Wildman–Crippen LogP) is 5.90. The summed E-state index contributed by atoms with van der Waals surface area (Å²) < 4.78 is 52.1. The van der Waals surface area contributed by atoms with Gasteiger partial charge in [-0.15, -0.1) is 0 Å². The van der Waals surface area contributed by atoms with Crippen molar-refractivity contribution < 1.29 is 46.2 Å². The van der Waals surface area contributed by atoms with Crippen LogP contribution in [0.25, 0.3) is 33.3 Å². The second-order valence-electron chi connectivity index (χ2n) is 17.2. The molecule has 0 unspecified atom stereocenters. The summed E-state index contributed by atoms with van der Waals surface area (Å²) in [5, 5.41) is 5.80. The van der Waals surface area contributed by atoms with Crippen LogP contribution in [-0.4, -0.2) is 90.3 Å². The highest BCUT2D eigenvalue weighted by molar-refractivity contribution is 7.91. The van der Waals surface area contributed by atoms with Gasteiger partial charge in [-0.05, 0) is 95.7 Å². The molecule has 8 rings (SSSR count). The molecule has 16 heteroatoms. The van der Waals surface area contributed by atoms with E-state index in [1.165, 1.54) is 4.90 Å². The molecule has 4 aliphatic rings. The Morgan fingerprint density at radius 3 is 2.52 bits per heavy atom. The van der Waals surface area contributed by atoms with E-state index in [-0.39, 0.29) is 19.4 Å². The molecule has 318 valence electrons. The summed E-state index contributed by atoms with van der Waals surface area (Å²) in [4.78, 5) is 62.7. The molecule has 1 saturated heterocycles. The Morgan fingerprint density at radius 1 is 1.02 bits per heavy atom. The highest BCUT2D eigenvalue weighted by Crippen LogP contribution is 2.46. The summed E-state index contributed by atoms with van der Waals surface area (Å²) >= 11 is 0. The third-order valence-electron chi connectivity index (χ3n) is 11.5. The molecular weight excluding hydrogens is 791 g/mol. The number of furan rings is 1. The van der Waals surface area contributed by atoms with Gasteiger partial charge in [0.25, 0.3) is 5.91 Å². The quantitative estimate of drug-likeness (QED) is 0.179. The van der Waals surface area contributed by atoms with Crippen LogP contribution in [0.4, 0.5) is 4.79 Å². The Kier molecular flexibility index (Phi) is 11.0. The molecule has 4 aromatic rings. The Hall–Kier alpha value is -5.64. The Labute approximate surface area is 348 Å². The second kappa shape index (κ2) is 16.1. The lowest BCUT2D eigenvalue weighted by molar-refractivity contribution is -0.141. The summed E-state index contributed by atoms with van der Waals surface area (Å²) in [6.07, 6.45) is 6.52. The van der Waals surface area contributed by atoms with Crippen LogP contribution in [-0.2, 0) is 29.1 Å². The van der Waals surface area contributed by atoms with Gasteiger partial charge < -0.3 is 34.2 Å². The minimum Gasteiger partial charge on any atom is -0.497 e. The second-order valence-corrected chi connectivity index (χ2v) is 19.2. The van der Waals surface area contributed by atoms with Gasteiger partial charge in [-0.2, -0.15) is 0 Å². The Balaban J connectivity index is 1.15. The predicted molar refractivity (Wildman–Crippen MR) is 222 cm³/mol. The van der Waals surface area contributed by atoms with E-state index in [2.05, 4.69) is 15.4 Å². The zero-order chi connectivity index (χ0) is 42.4. The van der Waals surface area contributed by atoms with E-state index in [0.29, 0.717) is 66.0 Å². The number of sulfonamides is 1. The normalized spacial score (nSPS) is 25.6. The van der Waals surface area contributed by atoms with Crippen LogP contribution < -0.4 is 24.8 Å². The molecule has 2 aliphatic heterocycles. The van der Waals surface area contributed by atoms with E-state index < -0.39 is 74.3 Å². The summed E-state index contributed by atoms with van der Waals surface area (Å²) in [6, 6.07) is 14.5. The maximum absolute atomic E-state index is 14.7. The molecule has 4 amide bonds. The minimum absolute atomic E-state index is 0.0111. The van der Waals surface area contributed by atoms with Gasteiger partial charge in [-0.1, -0.05) is 37.1 Å². The van der Waals surface area contributed by atoms with Gasteiger partial charge in [0.05, 0.1) is 24.6 Å². The molecule has 0 spiro atoms. The monoisotopic (exact) mass is 841 g/mol. The molecule has 5 atom stereocenters. The summed E-state index contributed by atoms with van der Waals surface area (Å²) in [7, 11) is -2.33. The van der Waals surface area contributed by atoms with Crippen molar-refractivity contribution in [2.45, 2.75) is 113 Å². The Morgan fingerprint density at radius 2 is 1.78 bits per heavy atom. The van der Waals surface area contributed by atoms with E-state index in [9.17, 15) is 27.6 Å². The number of ether oxygens (including phenoxy) is 3. The van der Waals surface area contributed by atoms with Gasteiger partial charge in [-0.25, -0.2) is 18.2 Å². The maximum Gasteiger partial charge on any atom is 0.408 e. The number of aromatic nitrogens is 1. The number of rotatable bonds is 8. The van der Waals surface area contributed by atoms with E-state index in [1.807, 2.05) is 60.7 Å². The molecule has 2 aromatic carbocycles. The number of benzene rings is 2. The van der Waals surface area contributed by atoms with E-state index in [4.69, 9.17) is 23.6 Å². The largest absolute Gasteiger partial charge is 0.497 e. The first-order valence-electron chi connectivity index (χ1n) is 20.6. The van der Waals surface area contributed by atoms with Crippen LogP contribution >= 0.6 is 0 Å². The van der Waals surface area contributed by atoms with E-state index >= 15 is 0 Å². The minimum atomic E-state index is -3.92. The third kappa shape index (κ3) is 8.65. The molecule has 2 saturated carbocycles. The first-order chi connectivity index (χ1) is 28.6. The van der Waals surface area contributed by atoms with Crippen molar-refractivity contribution >= 4 is 55.9 Å². The number of pyridine rings is 1. The molecule has 0 radical (unpaired) electrons. The highest BCUT2D eigenvalue weighted by Gasteiger charge is 2.62. The van der Waals surface area contributed by atoms with Crippen LogP contribution in [0.15, 0.2) is 71.2 Å². The number of nitrogens with one attached hydrogen (secondary N) is 3. The van der Waals surface area contributed by atoms with E-state index in [1.54, 1.807) is 33.9 Å². The van der Waals surface area contributed by atoms with Gasteiger partial charge in [0.1, 0.15) is 46.2 Å². The van der Waals surface area contributed by atoms with Crippen LogP contribution in [0.5, 0.6) is 11.5 Å². The van der Waals surface area contributed by atoms with Gasteiger partial charge in [-0.3, -0.25) is 19.1 Å². The first-order valence-corrected chi connectivity index (χ1v) is 22.2. The maximum atomic E-state index is 14.7. The molecular formula is C44H51N5O10S. The fourth-order valence-corrected chi connectivity index (χ4v) is 9.49. The molecule has 4 heterocycles. The lowest BCUT2D eigenvalue weighted by Gasteiger charge is -2.30. The van der Waals surface area contributed by atoms with Crippen LogP contribution in [0, 0.1) is 5.92 Å². The van der Waals surface area contributed by atoms with Crippen LogP contribution in [0.2, 0.25) is 0 Å². The van der Waals surface area contributed by atoms with E-state index in [0.717, 1.165) is 23.8 Å². The molecule has 2 aliphatic carbocycles. The fourth-order valence-electron chi connectivity index (χ4n) is 8.13. The number of allylic oxidation sites excluding steroid dienone is 1. The molecule has 2 aromatic heterocycles. The third-order valence-corrected chi connectivity index (χ3v) is 13.3. The van der Waals surface area contributed by atoms with Gasteiger partial charge in [0.2, 0.25) is 21.8 Å². The van der Waals surface area contributed by atoms with Crippen LogP contribution in [0.3, 0.4) is 0 Å². The zero-order valence-corrected chi connectivity index (χ0v) is 35.0. The average Bonchev–Trinajstić information content (AvgIpc) is 4.11.